The predicted molar refractivity (Wildman–Crippen MR) is 61.1 cm³/mol. The van der Waals surface area contributed by atoms with E-state index in [-0.39, 0.29) is 5.91 Å². The van der Waals surface area contributed by atoms with Crippen molar-refractivity contribution in [1.29, 1.82) is 0 Å². The highest BCUT2D eigenvalue weighted by molar-refractivity contribution is 7.32. The van der Waals surface area contributed by atoms with Crippen molar-refractivity contribution in [2.24, 2.45) is 0 Å². The van der Waals surface area contributed by atoms with E-state index in [1.165, 1.54) is 6.92 Å². The van der Waals surface area contributed by atoms with Gasteiger partial charge >= 0.3 is 8.25 Å². The highest BCUT2D eigenvalue weighted by Crippen LogP contribution is 2.29. The predicted octanol–water partition coefficient (Wildman–Crippen LogP) is -1.60. The number of aliphatic hydroxyl groups is 2. The van der Waals surface area contributed by atoms with Crippen molar-refractivity contribution in [2.75, 3.05) is 6.61 Å². The van der Waals surface area contributed by atoms with Crippen molar-refractivity contribution < 1.29 is 33.7 Å². The maximum absolute atomic E-state index is 11.0. The number of carbonyl (C=O) groups excluding carboxylic acids is 1. The molecule has 0 aliphatic carbocycles. The molecule has 4 N–H and O–H groups in total. The zero-order valence-corrected chi connectivity index (χ0v) is 11.1. The van der Waals surface area contributed by atoms with E-state index in [4.69, 9.17) is 14.7 Å². The monoisotopic (exact) mass is 283 g/mol. The first-order chi connectivity index (χ1) is 8.36. The van der Waals surface area contributed by atoms with Gasteiger partial charge in [0.25, 0.3) is 0 Å². The fraction of sp³-hybridized carbons (Fsp3) is 0.889. The first-order valence-electron chi connectivity index (χ1n) is 5.48. The maximum Gasteiger partial charge on any atom is 0.317 e. The molecule has 106 valence electrons. The molecule has 0 aromatic heterocycles. The zero-order chi connectivity index (χ0) is 13.9. The Labute approximate surface area is 105 Å². The van der Waals surface area contributed by atoms with Crippen LogP contribution < -0.4 is 5.32 Å². The van der Waals surface area contributed by atoms with Crippen LogP contribution >= 0.6 is 8.25 Å². The van der Waals surface area contributed by atoms with Gasteiger partial charge in [-0.2, -0.15) is 0 Å². The molecule has 0 spiro atoms. The molecule has 1 saturated heterocycles. The van der Waals surface area contributed by atoms with Gasteiger partial charge < -0.3 is 29.7 Å². The van der Waals surface area contributed by atoms with Crippen molar-refractivity contribution in [1.82, 2.24) is 5.32 Å². The minimum Gasteiger partial charge on any atom is -0.394 e. The summed E-state index contributed by atoms with van der Waals surface area (Å²) in [5.74, 6) is -0.368. The van der Waals surface area contributed by atoms with Crippen LogP contribution in [0.15, 0.2) is 0 Å². The third-order valence-electron chi connectivity index (χ3n) is 2.75. The van der Waals surface area contributed by atoms with Gasteiger partial charge in [0.1, 0.15) is 18.3 Å². The van der Waals surface area contributed by atoms with Gasteiger partial charge in [-0.05, 0) is 6.92 Å². The van der Waals surface area contributed by atoms with Gasteiger partial charge in [0.15, 0.2) is 0 Å². The highest BCUT2D eigenvalue weighted by atomic mass is 31.1. The molecule has 1 heterocycles. The van der Waals surface area contributed by atoms with E-state index in [9.17, 15) is 14.5 Å². The fourth-order valence-electron chi connectivity index (χ4n) is 1.99. The summed E-state index contributed by atoms with van der Waals surface area (Å²) in [5.41, 5.74) is 0. The minimum atomic E-state index is -3.29. The van der Waals surface area contributed by atoms with Crippen LogP contribution in [0.2, 0.25) is 0 Å². The lowest BCUT2D eigenvalue weighted by Crippen LogP contribution is -2.63. The summed E-state index contributed by atoms with van der Waals surface area (Å²) in [4.78, 5) is 19.8. The maximum atomic E-state index is 11.0. The molecular weight excluding hydrogens is 265 g/mol. The normalized spacial score (nSPS) is 38.2. The van der Waals surface area contributed by atoms with E-state index >= 15 is 0 Å². The van der Waals surface area contributed by atoms with Gasteiger partial charge in [-0.3, -0.25) is 9.36 Å². The van der Waals surface area contributed by atoms with Crippen LogP contribution in [0.4, 0.5) is 0 Å². The summed E-state index contributed by atoms with van der Waals surface area (Å²) in [6.45, 7) is 2.43. The molecule has 8 nitrogen and oxygen atoms in total. The van der Waals surface area contributed by atoms with E-state index in [1.807, 2.05) is 0 Å². The Morgan fingerprint density at radius 3 is 2.61 bits per heavy atom. The molecule has 9 heteroatoms. The summed E-state index contributed by atoms with van der Waals surface area (Å²) >= 11 is 0. The van der Waals surface area contributed by atoms with Crippen molar-refractivity contribution in [3.63, 3.8) is 0 Å². The second kappa shape index (κ2) is 6.60. The van der Waals surface area contributed by atoms with Crippen LogP contribution in [0.1, 0.15) is 13.8 Å². The standard InChI is InChI=1S/C9H18NO7P/c1-4-7(10-5(2)12)8(13)9(17-18(14)15)6(3-11)16-4/h4,6-9,11,13,18H,3H2,1-2H3,(H,10,12)(H,14,15). The van der Waals surface area contributed by atoms with Gasteiger partial charge in [0.05, 0.1) is 18.8 Å². The summed E-state index contributed by atoms with van der Waals surface area (Å²) in [7, 11) is -3.29. The first kappa shape index (κ1) is 15.6. The van der Waals surface area contributed by atoms with Crippen LogP contribution in [0, 0.1) is 0 Å². The van der Waals surface area contributed by atoms with Crippen molar-refractivity contribution in [3.05, 3.63) is 0 Å². The van der Waals surface area contributed by atoms with Crippen LogP contribution in [0.5, 0.6) is 0 Å². The van der Waals surface area contributed by atoms with E-state index in [0.29, 0.717) is 0 Å². The molecule has 6 atom stereocenters. The first-order valence-corrected chi connectivity index (χ1v) is 6.74. The Morgan fingerprint density at radius 2 is 2.17 bits per heavy atom. The lowest BCUT2D eigenvalue weighted by Gasteiger charge is -2.42. The summed E-state index contributed by atoms with van der Waals surface area (Å²) in [6.07, 6.45) is -3.88. The summed E-state index contributed by atoms with van der Waals surface area (Å²) in [5, 5.41) is 21.6. The lowest BCUT2D eigenvalue weighted by atomic mass is 9.93. The van der Waals surface area contributed by atoms with Crippen LogP contribution in [-0.4, -0.2) is 58.1 Å². The molecule has 1 rings (SSSR count). The molecule has 0 radical (unpaired) electrons. The molecule has 0 bridgehead atoms. The Bertz CT molecular complexity index is 326. The number of amides is 1. The average molecular weight is 283 g/mol. The smallest absolute Gasteiger partial charge is 0.317 e. The number of hydrogen-bond acceptors (Lipinski definition) is 6. The van der Waals surface area contributed by atoms with E-state index < -0.39 is 45.3 Å². The Kier molecular flexibility index (Phi) is 5.71. The molecule has 0 aromatic carbocycles. The second-order valence-electron chi connectivity index (χ2n) is 4.13. The Hall–Kier alpha value is -0.500. The molecule has 6 unspecified atom stereocenters. The van der Waals surface area contributed by atoms with Gasteiger partial charge in [-0.25, -0.2) is 0 Å². The van der Waals surface area contributed by atoms with Gasteiger partial charge in [0, 0.05) is 6.92 Å². The number of rotatable bonds is 4. The average Bonchev–Trinajstić information content (AvgIpc) is 2.27. The summed E-state index contributed by atoms with van der Waals surface area (Å²) in [6, 6.07) is -0.767. The van der Waals surface area contributed by atoms with Crippen molar-refractivity contribution >= 4 is 14.2 Å². The molecule has 18 heavy (non-hydrogen) atoms. The third kappa shape index (κ3) is 3.74. The minimum absolute atomic E-state index is 0.368. The number of ether oxygens (including phenoxy) is 1. The number of aliphatic hydroxyl groups excluding tert-OH is 2. The van der Waals surface area contributed by atoms with E-state index in [2.05, 4.69) is 9.84 Å². The van der Waals surface area contributed by atoms with E-state index in [1.54, 1.807) is 6.92 Å². The molecule has 1 aliphatic heterocycles. The molecule has 0 aromatic rings. The molecular formula is C9H18NO7P. The molecule has 1 aliphatic rings. The fourth-order valence-corrected chi connectivity index (χ4v) is 2.51. The van der Waals surface area contributed by atoms with Crippen molar-refractivity contribution in [3.8, 4) is 0 Å². The second-order valence-corrected chi connectivity index (χ2v) is 4.90. The molecule has 0 saturated carbocycles. The Morgan fingerprint density at radius 1 is 1.56 bits per heavy atom. The molecule has 1 amide bonds. The zero-order valence-electron chi connectivity index (χ0n) is 10.1. The lowest BCUT2D eigenvalue weighted by molar-refractivity contribution is -0.183. The topological polar surface area (TPSA) is 125 Å². The number of carbonyl (C=O) groups is 1. The quantitative estimate of drug-likeness (QED) is 0.458. The summed E-state index contributed by atoms with van der Waals surface area (Å²) < 4.78 is 20.7. The molecule has 1 fully saturated rings. The van der Waals surface area contributed by atoms with Crippen LogP contribution in [0.25, 0.3) is 0 Å². The third-order valence-corrected chi connectivity index (χ3v) is 3.23. The SMILES string of the molecule is CC(=O)NC1C(C)OC(CO)C(O[PH](=O)O)C1O. The highest BCUT2D eigenvalue weighted by Gasteiger charge is 2.45. The van der Waals surface area contributed by atoms with Gasteiger partial charge in [-0.1, -0.05) is 0 Å². The number of nitrogens with one attached hydrogen (secondary N) is 1. The number of hydrogen-bond donors (Lipinski definition) is 4. The van der Waals surface area contributed by atoms with Crippen molar-refractivity contribution in [2.45, 2.75) is 44.3 Å². The Balaban J connectivity index is 2.84. The van der Waals surface area contributed by atoms with Crippen LogP contribution in [-0.2, 0) is 18.6 Å². The largest absolute Gasteiger partial charge is 0.394 e. The van der Waals surface area contributed by atoms with Gasteiger partial charge in [-0.15, -0.1) is 0 Å². The van der Waals surface area contributed by atoms with E-state index in [0.717, 1.165) is 0 Å². The van der Waals surface area contributed by atoms with Crippen LogP contribution in [0.3, 0.4) is 0 Å². The van der Waals surface area contributed by atoms with Gasteiger partial charge in [0.2, 0.25) is 5.91 Å².